The van der Waals surface area contributed by atoms with Crippen LogP contribution in [0.15, 0.2) is 75.3 Å². The second-order valence-electron chi connectivity index (χ2n) is 6.49. The highest BCUT2D eigenvalue weighted by Gasteiger charge is 2.32. The van der Waals surface area contributed by atoms with Crippen LogP contribution in [-0.2, 0) is 9.47 Å². The van der Waals surface area contributed by atoms with Gasteiger partial charge in [0, 0.05) is 38.6 Å². The minimum atomic E-state index is -0.328. The minimum Gasteiger partial charge on any atom is -0.458 e. The van der Waals surface area contributed by atoms with Gasteiger partial charge in [-0.1, -0.05) is 31.2 Å². The highest BCUT2D eigenvalue weighted by Crippen LogP contribution is 2.44. The summed E-state index contributed by atoms with van der Waals surface area (Å²) in [4.78, 5) is 14.3. The molecule has 3 heterocycles. The molecule has 1 aromatic carbocycles. The number of allylic oxidation sites excluding steroid dienone is 3. The molecule has 0 spiro atoms. The topological polar surface area (TPSA) is 48.7 Å². The molecule has 3 aromatic rings. The van der Waals surface area contributed by atoms with Crippen molar-refractivity contribution in [2.24, 2.45) is 5.92 Å². The molecule has 0 fully saturated rings. The summed E-state index contributed by atoms with van der Waals surface area (Å²) in [6.45, 7) is 2.46. The van der Waals surface area contributed by atoms with Crippen LogP contribution in [0.3, 0.4) is 0 Å². The molecule has 4 nitrogen and oxygen atoms in total. The Morgan fingerprint density at radius 3 is 2.92 bits per heavy atom. The Hall–Kier alpha value is -2.79. The van der Waals surface area contributed by atoms with E-state index < -0.39 is 0 Å². The van der Waals surface area contributed by atoms with Crippen molar-refractivity contribution in [2.45, 2.75) is 12.8 Å². The van der Waals surface area contributed by atoms with Gasteiger partial charge >= 0.3 is 5.63 Å². The molecule has 0 bridgehead atoms. The minimum absolute atomic E-state index is 0.224. The highest BCUT2D eigenvalue weighted by atomic mass is 32.1. The number of rotatable bonds is 2. The monoisotopic (exact) mass is 364 g/mol. The molecular formula is C21H16O4S. The van der Waals surface area contributed by atoms with Crippen molar-refractivity contribution in [3.63, 3.8) is 0 Å². The van der Waals surface area contributed by atoms with Crippen LogP contribution in [0.2, 0.25) is 0 Å². The van der Waals surface area contributed by atoms with E-state index in [9.17, 15) is 4.79 Å². The summed E-state index contributed by atoms with van der Waals surface area (Å²) in [5.41, 5.74) is 1.20. The summed E-state index contributed by atoms with van der Waals surface area (Å²) in [6, 6.07) is 13.4. The van der Waals surface area contributed by atoms with Crippen molar-refractivity contribution in [1.29, 1.82) is 0 Å². The van der Waals surface area contributed by atoms with E-state index in [1.807, 2.05) is 30.3 Å². The molecule has 0 saturated carbocycles. The van der Waals surface area contributed by atoms with E-state index in [0.717, 1.165) is 27.3 Å². The molecule has 2 unspecified atom stereocenters. The number of benzene rings is 1. The standard InChI is InChI=1S/C21H16O4S/c1-12-13(6-7-17-21(12)24-11-23-17)18-8-9-19(26-18)15-10-20(22)25-16-5-3-2-4-14(15)16/h2-10,12-13H,11H2,1H3. The van der Waals surface area contributed by atoms with E-state index >= 15 is 0 Å². The molecule has 26 heavy (non-hydrogen) atoms. The van der Waals surface area contributed by atoms with Crippen LogP contribution in [0, 0.1) is 5.92 Å². The zero-order chi connectivity index (χ0) is 17.7. The third-order valence-electron chi connectivity index (χ3n) is 4.95. The maximum atomic E-state index is 12.0. The lowest BCUT2D eigenvalue weighted by molar-refractivity contribution is 0.0669. The number of fused-ring (bicyclic) bond motifs is 1. The Morgan fingerprint density at radius 1 is 1.12 bits per heavy atom. The quantitative estimate of drug-likeness (QED) is 0.599. The molecule has 5 rings (SSSR count). The summed E-state index contributed by atoms with van der Waals surface area (Å²) in [5.74, 6) is 2.23. The van der Waals surface area contributed by atoms with Crippen LogP contribution in [-0.4, -0.2) is 6.79 Å². The average molecular weight is 364 g/mol. The third-order valence-corrected chi connectivity index (χ3v) is 6.17. The van der Waals surface area contributed by atoms with Crippen molar-refractivity contribution in [3.8, 4) is 10.4 Å². The first-order valence-corrected chi connectivity index (χ1v) is 9.33. The van der Waals surface area contributed by atoms with Crippen LogP contribution in [0.1, 0.15) is 17.7 Å². The second kappa shape index (κ2) is 5.88. The smallest absolute Gasteiger partial charge is 0.336 e. The number of hydrogen-bond donors (Lipinski definition) is 0. The van der Waals surface area contributed by atoms with Gasteiger partial charge in [0.25, 0.3) is 0 Å². The van der Waals surface area contributed by atoms with Crippen molar-refractivity contribution >= 4 is 22.3 Å². The van der Waals surface area contributed by atoms with E-state index in [1.54, 1.807) is 17.4 Å². The van der Waals surface area contributed by atoms with E-state index in [4.69, 9.17) is 13.9 Å². The van der Waals surface area contributed by atoms with Gasteiger partial charge in [0.2, 0.25) is 6.79 Å². The van der Waals surface area contributed by atoms with Crippen LogP contribution in [0.5, 0.6) is 0 Å². The third kappa shape index (κ3) is 2.39. The number of ether oxygens (including phenoxy) is 2. The molecule has 0 radical (unpaired) electrons. The fourth-order valence-corrected chi connectivity index (χ4v) is 4.86. The molecule has 130 valence electrons. The van der Waals surface area contributed by atoms with Crippen molar-refractivity contribution in [2.75, 3.05) is 6.79 Å². The Kier molecular flexibility index (Phi) is 3.50. The largest absolute Gasteiger partial charge is 0.458 e. The first-order valence-electron chi connectivity index (χ1n) is 8.51. The van der Waals surface area contributed by atoms with Crippen LogP contribution in [0.25, 0.3) is 21.4 Å². The van der Waals surface area contributed by atoms with Gasteiger partial charge in [0.05, 0.1) is 0 Å². The fourth-order valence-electron chi connectivity index (χ4n) is 3.64. The molecule has 2 aliphatic rings. The molecule has 2 atom stereocenters. The molecule has 0 saturated heterocycles. The zero-order valence-electron chi connectivity index (χ0n) is 14.1. The van der Waals surface area contributed by atoms with Crippen molar-refractivity contribution in [1.82, 2.24) is 0 Å². The number of para-hydroxylation sites is 1. The normalized spacial score (nSPS) is 21.6. The molecule has 1 aliphatic carbocycles. The molecule has 5 heteroatoms. The van der Waals surface area contributed by atoms with E-state index in [2.05, 4.69) is 25.1 Å². The van der Waals surface area contributed by atoms with E-state index in [1.165, 1.54) is 4.88 Å². The van der Waals surface area contributed by atoms with Crippen molar-refractivity contribution in [3.05, 3.63) is 81.4 Å². The average Bonchev–Trinajstić information content (AvgIpc) is 3.31. The summed E-state index contributed by atoms with van der Waals surface area (Å²) in [5, 5.41) is 0.949. The molecular weight excluding hydrogens is 348 g/mol. The highest BCUT2D eigenvalue weighted by molar-refractivity contribution is 7.15. The predicted molar refractivity (Wildman–Crippen MR) is 101 cm³/mol. The van der Waals surface area contributed by atoms with Gasteiger partial charge in [-0.2, -0.15) is 0 Å². The van der Waals surface area contributed by atoms with Crippen LogP contribution < -0.4 is 5.63 Å². The second-order valence-corrected chi connectivity index (χ2v) is 7.60. The first kappa shape index (κ1) is 15.5. The van der Waals surface area contributed by atoms with E-state index in [0.29, 0.717) is 12.4 Å². The Morgan fingerprint density at radius 2 is 2.00 bits per heavy atom. The SMILES string of the molecule is CC1C2=C(C=CC1c1ccc(-c3cc(=O)oc4ccccc34)s1)OCO2. The van der Waals surface area contributed by atoms with Crippen LogP contribution >= 0.6 is 11.3 Å². The maximum absolute atomic E-state index is 12.0. The number of thiophene rings is 1. The molecule has 2 aromatic heterocycles. The van der Waals surface area contributed by atoms with Crippen LogP contribution in [0.4, 0.5) is 0 Å². The van der Waals surface area contributed by atoms with Gasteiger partial charge in [-0.3, -0.25) is 0 Å². The zero-order valence-corrected chi connectivity index (χ0v) is 14.9. The Labute approximate surface area is 154 Å². The van der Waals surface area contributed by atoms with Gasteiger partial charge in [-0.25, -0.2) is 4.79 Å². The lowest BCUT2D eigenvalue weighted by atomic mass is 9.86. The Bertz CT molecular complexity index is 1120. The van der Waals surface area contributed by atoms with Gasteiger partial charge in [-0.05, 0) is 24.3 Å². The lowest BCUT2D eigenvalue weighted by Gasteiger charge is -2.23. The molecule has 0 N–H and O–H groups in total. The Balaban J connectivity index is 1.56. The van der Waals surface area contributed by atoms with E-state index in [-0.39, 0.29) is 17.5 Å². The van der Waals surface area contributed by atoms with Crippen molar-refractivity contribution < 1.29 is 13.9 Å². The first-order chi connectivity index (χ1) is 12.7. The van der Waals surface area contributed by atoms with Gasteiger partial charge < -0.3 is 13.9 Å². The number of hydrogen-bond acceptors (Lipinski definition) is 5. The maximum Gasteiger partial charge on any atom is 0.336 e. The predicted octanol–water partition coefficient (Wildman–Crippen LogP) is 5.03. The summed E-state index contributed by atoms with van der Waals surface area (Å²) in [7, 11) is 0. The van der Waals surface area contributed by atoms with Gasteiger partial charge in [0.1, 0.15) is 11.3 Å². The summed E-state index contributed by atoms with van der Waals surface area (Å²) < 4.78 is 16.4. The van der Waals surface area contributed by atoms with Gasteiger partial charge in [-0.15, -0.1) is 11.3 Å². The summed E-state index contributed by atoms with van der Waals surface area (Å²) >= 11 is 1.70. The molecule has 0 amide bonds. The molecule has 1 aliphatic heterocycles. The summed E-state index contributed by atoms with van der Waals surface area (Å²) in [6.07, 6.45) is 4.17. The van der Waals surface area contributed by atoms with Gasteiger partial charge in [0.15, 0.2) is 5.76 Å². The lowest BCUT2D eigenvalue weighted by Crippen LogP contribution is -2.13. The fraction of sp³-hybridized carbons (Fsp3) is 0.190.